The van der Waals surface area contributed by atoms with Gasteiger partial charge in [0.2, 0.25) is 0 Å². The third-order valence-electron chi connectivity index (χ3n) is 7.53. The van der Waals surface area contributed by atoms with Crippen molar-refractivity contribution in [1.82, 2.24) is 20.0 Å². The van der Waals surface area contributed by atoms with E-state index >= 15 is 0 Å². The second-order valence-corrected chi connectivity index (χ2v) is 9.22. The number of nitrogens with zero attached hydrogens (tertiary/aromatic N) is 3. The molecule has 27 heavy (non-hydrogen) atoms. The highest BCUT2D eigenvalue weighted by Crippen LogP contribution is 2.54. The molecule has 4 aliphatic rings. The molecular formula is C21H32N4O2. The van der Waals surface area contributed by atoms with Crippen LogP contribution >= 0.6 is 0 Å². The van der Waals surface area contributed by atoms with Crippen LogP contribution in [0.1, 0.15) is 55.2 Å². The number of nitrogens with one attached hydrogen (secondary N) is 1. The maximum Gasteiger partial charge on any atom is 0.269 e. The SMILES string of the molecule is CCn1nc(C)cc1C(=O)NC[C@H]1[C@H]2CN(CC3CCC3)C[C@]23CC[C@H]1O3. The molecular weight excluding hydrogens is 340 g/mol. The number of hydrogen-bond acceptors (Lipinski definition) is 4. The normalized spacial score (nSPS) is 35.4. The molecule has 4 atom stereocenters. The van der Waals surface area contributed by atoms with Gasteiger partial charge in [0.05, 0.1) is 17.4 Å². The van der Waals surface area contributed by atoms with Crippen molar-refractivity contribution in [2.75, 3.05) is 26.2 Å². The summed E-state index contributed by atoms with van der Waals surface area (Å²) in [5.41, 5.74) is 1.64. The maximum absolute atomic E-state index is 12.7. The van der Waals surface area contributed by atoms with Crippen molar-refractivity contribution in [3.05, 3.63) is 17.5 Å². The summed E-state index contributed by atoms with van der Waals surface area (Å²) in [7, 11) is 0. The molecule has 3 saturated heterocycles. The van der Waals surface area contributed by atoms with Crippen molar-refractivity contribution < 1.29 is 9.53 Å². The molecule has 2 bridgehead atoms. The zero-order valence-corrected chi connectivity index (χ0v) is 16.6. The summed E-state index contributed by atoms with van der Waals surface area (Å²) in [4.78, 5) is 15.4. The highest BCUT2D eigenvalue weighted by molar-refractivity contribution is 5.92. The van der Waals surface area contributed by atoms with Crippen LogP contribution in [0.2, 0.25) is 0 Å². The quantitative estimate of drug-likeness (QED) is 0.832. The van der Waals surface area contributed by atoms with Crippen LogP contribution in [0.4, 0.5) is 0 Å². The Morgan fingerprint density at radius 2 is 2.26 bits per heavy atom. The number of rotatable bonds is 6. The molecule has 1 spiro atoms. The number of aromatic nitrogens is 2. The van der Waals surface area contributed by atoms with Gasteiger partial charge in [-0.05, 0) is 51.5 Å². The van der Waals surface area contributed by atoms with E-state index in [2.05, 4.69) is 15.3 Å². The Bertz CT molecular complexity index is 728. The maximum atomic E-state index is 12.7. The zero-order valence-electron chi connectivity index (χ0n) is 16.6. The van der Waals surface area contributed by atoms with Gasteiger partial charge >= 0.3 is 0 Å². The predicted octanol–water partition coefficient (Wildman–Crippen LogP) is 2.22. The minimum absolute atomic E-state index is 0.00130. The van der Waals surface area contributed by atoms with E-state index in [0.29, 0.717) is 30.2 Å². The Hall–Kier alpha value is -1.40. The number of likely N-dealkylation sites (tertiary alicyclic amines) is 1. The van der Waals surface area contributed by atoms with Crippen LogP contribution in [0.3, 0.4) is 0 Å². The number of aryl methyl sites for hydroxylation is 2. The molecule has 1 aliphatic carbocycles. The number of carbonyl (C=O) groups excluding carboxylic acids is 1. The van der Waals surface area contributed by atoms with Crippen LogP contribution in [0, 0.1) is 24.7 Å². The fourth-order valence-electron chi connectivity index (χ4n) is 6.01. The lowest BCUT2D eigenvalue weighted by Crippen LogP contribution is -2.42. The van der Waals surface area contributed by atoms with E-state index in [9.17, 15) is 4.79 Å². The van der Waals surface area contributed by atoms with Crippen LogP contribution in [-0.4, -0.2) is 58.5 Å². The van der Waals surface area contributed by atoms with Crippen molar-refractivity contribution >= 4 is 5.91 Å². The molecule has 6 heteroatoms. The highest BCUT2D eigenvalue weighted by atomic mass is 16.5. The lowest BCUT2D eigenvalue weighted by Gasteiger charge is -2.31. The number of hydrogen-bond donors (Lipinski definition) is 1. The van der Waals surface area contributed by atoms with Crippen LogP contribution in [0.25, 0.3) is 0 Å². The molecule has 0 unspecified atom stereocenters. The van der Waals surface area contributed by atoms with Crippen LogP contribution in [0.5, 0.6) is 0 Å². The second kappa shape index (κ2) is 6.59. The van der Waals surface area contributed by atoms with Crippen molar-refractivity contribution in [3.63, 3.8) is 0 Å². The first-order chi connectivity index (χ1) is 13.1. The van der Waals surface area contributed by atoms with Gasteiger partial charge in [-0.1, -0.05) is 6.42 Å². The first-order valence-corrected chi connectivity index (χ1v) is 10.8. The summed E-state index contributed by atoms with van der Waals surface area (Å²) in [5.74, 6) is 1.94. The third-order valence-corrected chi connectivity index (χ3v) is 7.53. The van der Waals surface area contributed by atoms with Gasteiger partial charge in [-0.25, -0.2) is 0 Å². The monoisotopic (exact) mass is 372 g/mol. The average Bonchev–Trinajstić information content (AvgIpc) is 3.34. The minimum Gasteiger partial charge on any atom is -0.370 e. The van der Waals surface area contributed by atoms with Crippen molar-refractivity contribution in [2.45, 2.75) is 64.2 Å². The molecule has 148 valence electrons. The van der Waals surface area contributed by atoms with E-state index in [1.165, 1.54) is 32.2 Å². The summed E-state index contributed by atoms with van der Waals surface area (Å²) in [5, 5.41) is 7.60. The minimum atomic E-state index is -0.00130. The molecule has 3 aliphatic heterocycles. The number of ether oxygens (including phenoxy) is 1. The summed E-state index contributed by atoms with van der Waals surface area (Å²) in [6.07, 6.45) is 6.91. The molecule has 4 fully saturated rings. The molecule has 6 nitrogen and oxygen atoms in total. The van der Waals surface area contributed by atoms with Gasteiger partial charge in [-0.3, -0.25) is 14.4 Å². The van der Waals surface area contributed by atoms with Crippen LogP contribution in [0.15, 0.2) is 6.07 Å². The highest BCUT2D eigenvalue weighted by Gasteiger charge is 2.62. The smallest absolute Gasteiger partial charge is 0.269 e. The fourth-order valence-corrected chi connectivity index (χ4v) is 6.01. The van der Waals surface area contributed by atoms with Crippen molar-refractivity contribution in [1.29, 1.82) is 0 Å². The van der Waals surface area contributed by atoms with Gasteiger partial charge in [-0.2, -0.15) is 5.10 Å². The lowest BCUT2D eigenvalue weighted by molar-refractivity contribution is 0.000540. The molecule has 0 aromatic carbocycles. The fraction of sp³-hybridized carbons (Fsp3) is 0.810. The molecule has 1 saturated carbocycles. The zero-order chi connectivity index (χ0) is 18.6. The Morgan fingerprint density at radius 3 is 3.00 bits per heavy atom. The van der Waals surface area contributed by atoms with E-state index in [4.69, 9.17) is 4.74 Å². The van der Waals surface area contributed by atoms with Gasteiger partial charge < -0.3 is 10.1 Å². The molecule has 1 amide bonds. The van der Waals surface area contributed by atoms with E-state index in [0.717, 1.165) is 37.7 Å². The van der Waals surface area contributed by atoms with Crippen LogP contribution < -0.4 is 5.32 Å². The Morgan fingerprint density at radius 1 is 1.41 bits per heavy atom. The van der Waals surface area contributed by atoms with Gasteiger partial charge in [0.15, 0.2) is 0 Å². The van der Waals surface area contributed by atoms with E-state index < -0.39 is 0 Å². The summed E-state index contributed by atoms with van der Waals surface area (Å²) >= 11 is 0. The summed E-state index contributed by atoms with van der Waals surface area (Å²) < 4.78 is 8.33. The van der Waals surface area contributed by atoms with Crippen molar-refractivity contribution in [2.24, 2.45) is 17.8 Å². The molecule has 0 radical (unpaired) electrons. The average molecular weight is 373 g/mol. The van der Waals surface area contributed by atoms with Gasteiger partial charge in [0, 0.05) is 44.6 Å². The second-order valence-electron chi connectivity index (χ2n) is 9.22. The molecule has 1 N–H and O–H groups in total. The standard InChI is InChI=1S/C21H32N4O2/c1-3-25-18(9-14(2)23-25)20(26)22-10-16-17-12-24(11-15-5-4-6-15)13-21(17)8-7-19(16)27-21/h9,15-17,19H,3-8,10-13H2,1-2H3,(H,22,26)/t16-,17+,19+,21+/m0/s1. The molecule has 1 aromatic heterocycles. The van der Waals surface area contributed by atoms with E-state index in [1.54, 1.807) is 4.68 Å². The van der Waals surface area contributed by atoms with Crippen molar-refractivity contribution in [3.8, 4) is 0 Å². The van der Waals surface area contributed by atoms with E-state index in [1.807, 2.05) is 19.9 Å². The Kier molecular flexibility index (Phi) is 4.32. The van der Waals surface area contributed by atoms with E-state index in [-0.39, 0.29) is 11.5 Å². The molecule has 5 rings (SSSR count). The predicted molar refractivity (Wildman–Crippen MR) is 103 cm³/mol. The Balaban J connectivity index is 1.23. The summed E-state index contributed by atoms with van der Waals surface area (Å²) in [6.45, 7) is 8.91. The number of carbonyl (C=O) groups is 1. The molecule has 4 heterocycles. The van der Waals surface area contributed by atoms with Gasteiger partial charge in [0.1, 0.15) is 5.69 Å². The number of amides is 1. The molecule has 1 aromatic rings. The van der Waals surface area contributed by atoms with Gasteiger partial charge in [0.25, 0.3) is 5.91 Å². The summed E-state index contributed by atoms with van der Waals surface area (Å²) in [6, 6.07) is 1.88. The topological polar surface area (TPSA) is 59.4 Å². The first-order valence-electron chi connectivity index (χ1n) is 10.8. The first kappa shape index (κ1) is 17.7. The third kappa shape index (κ3) is 2.92. The Labute approximate surface area is 161 Å². The lowest BCUT2D eigenvalue weighted by atomic mass is 9.73. The largest absolute Gasteiger partial charge is 0.370 e. The van der Waals surface area contributed by atoms with Gasteiger partial charge in [-0.15, -0.1) is 0 Å². The van der Waals surface area contributed by atoms with Crippen LogP contribution in [-0.2, 0) is 11.3 Å². The number of fused-ring (bicyclic) bond motifs is 1.